The molecule has 2 heterocycles. The second-order valence-electron chi connectivity index (χ2n) is 9.85. The van der Waals surface area contributed by atoms with Crippen molar-refractivity contribution in [3.05, 3.63) is 30.7 Å². The van der Waals surface area contributed by atoms with Crippen LogP contribution in [-0.4, -0.2) is 80.8 Å². The summed E-state index contributed by atoms with van der Waals surface area (Å²) in [6, 6.07) is 3.01. The van der Waals surface area contributed by atoms with E-state index < -0.39 is 29.3 Å². The highest BCUT2D eigenvalue weighted by molar-refractivity contribution is 5.91. The molecule has 6 rings (SSSR count). The van der Waals surface area contributed by atoms with Crippen LogP contribution in [0.3, 0.4) is 0 Å². The van der Waals surface area contributed by atoms with Gasteiger partial charge in [0.1, 0.15) is 24.1 Å². The number of nitrogens with zero attached hydrogens (tertiary/aromatic N) is 1. The molecule has 7 heteroatoms. The van der Waals surface area contributed by atoms with E-state index in [1.807, 2.05) is 0 Å². The molecule has 0 aromatic heterocycles. The SMILES string of the molecule is C[N@+]1(CC2CC2)C[C@@H](O)[C@]23c4c5ccc(O)c4O[C@H]2C(=O)CC(O)[C@@]3(O)[C@H]1C5.[CH3-]. The zero-order chi connectivity index (χ0) is 19.6. The van der Waals surface area contributed by atoms with Crippen LogP contribution < -0.4 is 4.74 Å². The Morgan fingerprint density at radius 2 is 1.93 bits per heavy atom. The first kappa shape index (κ1) is 19.3. The van der Waals surface area contributed by atoms with Crippen LogP contribution >= 0.6 is 0 Å². The average molecular weight is 403 g/mol. The second kappa shape index (κ2) is 5.52. The summed E-state index contributed by atoms with van der Waals surface area (Å²) in [6.07, 6.45) is -0.821. The highest BCUT2D eigenvalue weighted by Crippen LogP contribution is 2.65. The Balaban J connectivity index is 0.00000181. The van der Waals surface area contributed by atoms with E-state index in [0.29, 0.717) is 28.9 Å². The van der Waals surface area contributed by atoms with Crippen LogP contribution in [0.4, 0.5) is 0 Å². The van der Waals surface area contributed by atoms with E-state index >= 15 is 0 Å². The highest BCUT2D eigenvalue weighted by Gasteiger charge is 2.82. The first-order valence-corrected chi connectivity index (χ1v) is 10.2. The summed E-state index contributed by atoms with van der Waals surface area (Å²) in [5.41, 5.74) is -1.73. The number of carbonyl (C=O) groups excluding carboxylic acids is 1. The lowest BCUT2D eigenvalue weighted by Crippen LogP contribution is -2.88. The lowest BCUT2D eigenvalue weighted by atomic mass is 9.46. The topological polar surface area (TPSA) is 107 Å². The molecule has 5 aliphatic rings. The number of rotatable bonds is 2. The minimum atomic E-state index is -1.70. The lowest BCUT2D eigenvalue weighted by molar-refractivity contribution is -0.954. The smallest absolute Gasteiger partial charge is 0.177 e. The van der Waals surface area contributed by atoms with Crippen LogP contribution in [0.15, 0.2) is 12.1 Å². The Morgan fingerprint density at radius 1 is 1.21 bits per heavy atom. The molecule has 158 valence electrons. The molecule has 0 radical (unpaired) electrons. The third-order valence-electron chi connectivity index (χ3n) is 8.31. The van der Waals surface area contributed by atoms with E-state index in [9.17, 15) is 25.2 Å². The molecular weight excluding hydrogens is 374 g/mol. The highest BCUT2D eigenvalue weighted by atomic mass is 16.5. The maximum Gasteiger partial charge on any atom is 0.177 e. The van der Waals surface area contributed by atoms with Crippen molar-refractivity contribution in [3.8, 4) is 11.5 Å². The standard InChI is InChI=1S/C21H25NO6.CH3/c1-22(8-10-2-3-10)9-16(26)20-17-11-4-5-12(23)18(17)28-19(20)13(24)7-15(25)21(20,27)14(22)6-11;/h4-5,10,14-16,19,25-27H,2-3,6-9H2,1H3;1H3/q;-1/p+1/t14-,15?,16-,19+,20+,21+,22+;/m1./s1. The number of ketones is 1. The summed E-state index contributed by atoms with van der Waals surface area (Å²) < 4.78 is 6.40. The van der Waals surface area contributed by atoms with Crippen molar-refractivity contribution in [1.29, 1.82) is 0 Å². The van der Waals surface area contributed by atoms with Gasteiger partial charge in [0.25, 0.3) is 0 Å². The third-order valence-corrected chi connectivity index (χ3v) is 8.31. The van der Waals surface area contributed by atoms with Crippen molar-refractivity contribution in [3.63, 3.8) is 0 Å². The van der Waals surface area contributed by atoms with Gasteiger partial charge in [0.05, 0.1) is 19.7 Å². The molecule has 3 fully saturated rings. The summed E-state index contributed by atoms with van der Waals surface area (Å²) in [5.74, 6) is 0.319. The fourth-order valence-electron chi connectivity index (χ4n) is 7.08. The third kappa shape index (κ3) is 1.95. The van der Waals surface area contributed by atoms with Gasteiger partial charge >= 0.3 is 0 Å². The van der Waals surface area contributed by atoms with Crippen LogP contribution in [0.5, 0.6) is 11.5 Å². The van der Waals surface area contributed by atoms with Gasteiger partial charge in [0.2, 0.25) is 0 Å². The van der Waals surface area contributed by atoms with Gasteiger partial charge in [-0.3, -0.25) is 4.79 Å². The molecule has 4 N–H and O–H groups in total. The molecule has 7 atom stereocenters. The molecule has 0 amide bonds. The zero-order valence-corrected chi connectivity index (χ0v) is 16.8. The monoisotopic (exact) mass is 403 g/mol. The van der Waals surface area contributed by atoms with Gasteiger partial charge in [-0.05, 0) is 24.5 Å². The van der Waals surface area contributed by atoms with Crippen molar-refractivity contribution in [1.82, 2.24) is 0 Å². The summed E-state index contributed by atoms with van der Waals surface area (Å²) >= 11 is 0. The Morgan fingerprint density at radius 3 is 2.62 bits per heavy atom. The molecule has 7 nitrogen and oxygen atoms in total. The van der Waals surface area contributed by atoms with Crippen LogP contribution in [0, 0.1) is 13.3 Å². The molecule has 1 spiro atoms. The molecular formula is C22H29NO6. The van der Waals surface area contributed by atoms with E-state index in [2.05, 4.69) is 7.05 Å². The molecule has 2 aliphatic heterocycles. The van der Waals surface area contributed by atoms with Gasteiger partial charge in [0.15, 0.2) is 29.0 Å². The van der Waals surface area contributed by atoms with E-state index in [-0.39, 0.29) is 37.2 Å². The van der Waals surface area contributed by atoms with Crippen molar-refractivity contribution in [2.24, 2.45) is 5.92 Å². The van der Waals surface area contributed by atoms with E-state index in [4.69, 9.17) is 4.74 Å². The molecule has 1 saturated heterocycles. The number of likely N-dealkylation sites (tertiary alicyclic amines) is 1. The molecule has 2 bridgehead atoms. The number of phenolic OH excluding ortho intramolecular Hbond substituents is 1. The number of hydrogen-bond donors (Lipinski definition) is 4. The predicted octanol–water partition coefficient (Wildman–Crippen LogP) is 0.0619. The molecule has 2 saturated carbocycles. The van der Waals surface area contributed by atoms with Crippen molar-refractivity contribution in [2.75, 3.05) is 20.1 Å². The van der Waals surface area contributed by atoms with Gasteiger partial charge in [0, 0.05) is 24.3 Å². The number of aromatic hydroxyl groups is 1. The largest absolute Gasteiger partial charge is 0.504 e. The zero-order valence-electron chi connectivity index (χ0n) is 16.8. The number of benzene rings is 1. The van der Waals surface area contributed by atoms with Crippen molar-refractivity contribution >= 4 is 5.78 Å². The van der Waals surface area contributed by atoms with Gasteiger partial charge in [-0.2, -0.15) is 0 Å². The Hall–Kier alpha value is -1.67. The van der Waals surface area contributed by atoms with Gasteiger partial charge in [-0.1, -0.05) is 6.07 Å². The maximum absolute atomic E-state index is 12.9. The van der Waals surface area contributed by atoms with Crippen molar-refractivity contribution < 1.29 is 34.4 Å². The number of hydrogen-bond acceptors (Lipinski definition) is 6. The molecule has 1 unspecified atom stereocenters. The minimum Gasteiger partial charge on any atom is -0.504 e. The van der Waals surface area contributed by atoms with Gasteiger partial charge in [-0.15, -0.1) is 0 Å². The molecule has 29 heavy (non-hydrogen) atoms. The van der Waals surface area contributed by atoms with Crippen LogP contribution in [0.1, 0.15) is 30.4 Å². The fourth-order valence-corrected chi connectivity index (χ4v) is 7.08. The number of likely N-dealkylation sites (N-methyl/N-ethyl adjacent to an activating group) is 1. The number of carbonyl (C=O) groups is 1. The number of Topliss-reactive ketones (excluding diaryl/α,β-unsaturated/α-hetero) is 1. The Labute approximate surface area is 170 Å². The molecule has 1 aromatic carbocycles. The van der Waals surface area contributed by atoms with Crippen molar-refractivity contribution in [2.45, 2.75) is 61.1 Å². The van der Waals surface area contributed by atoms with E-state index in [0.717, 1.165) is 24.9 Å². The quantitative estimate of drug-likeness (QED) is 0.411. The predicted molar refractivity (Wildman–Crippen MR) is 103 cm³/mol. The Bertz CT molecular complexity index is 915. The van der Waals surface area contributed by atoms with Crippen LogP contribution in [0.25, 0.3) is 0 Å². The number of ether oxygens (including phenoxy) is 1. The second-order valence-corrected chi connectivity index (χ2v) is 9.85. The Kier molecular flexibility index (Phi) is 3.67. The first-order chi connectivity index (χ1) is 13.2. The maximum atomic E-state index is 12.9. The summed E-state index contributed by atoms with van der Waals surface area (Å²) in [6.45, 7) is 1.23. The fraction of sp³-hybridized carbons (Fsp3) is 0.636. The number of quaternary nitrogens is 1. The normalized spacial score (nSPS) is 46.6. The van der Waals surface area contributed by atoms with Crippen LogP contribution in [-0.2, 0) is 16.6 Å². The van der Waals surface area contributed by atoms with E-state index in [1.165, 1.54) is 0 Å². The molecule has 1 aromatic rings. The van der Waals surface area contributed by atoms with Crippen LogP contribution in [0.2, 0.25) is 0 Å². The molecule has 3 aliphatic carbocycles. The number of aliphatic hydroxyl groups excluding tert-OH is 2. The number of piperidine rings is 1. The summed E-state index contributed by atoms with van der Waals surface area (Å²) in [7, 11) is 2.05. The average Bonchev–Trinajstić information content (AvgIpc) is 3.34. The lowest BCUT2D eigenvalue weighted by Gasteiger charge is -2.66. The van der Waals surface area contributed by atoms with Gasteiger partial charge < -0.3 is 37.1 Å². The van der Waals surface area contributed by atoms with E-state index in [1.54, 1.807) is 12.1 Å². The number of phenols is 1. The number of aliphatic hydroxyl groups is 3. The summed E-state index contributed by atoms with van der Waals surface area (Å²) in [5, 5.41) is 45.2. The first-order valence-electron chi connectivity index (χ1n) is 10.2. The van der Waals surface area contributed by atoms with Gasteiger partial charge in [-0.25, -0.2) is 0 Å². The minimum absolute atomic E-state index is 0. The summed E-state index contributed by atoms with van der Waals surface area (Å²) in [4.78, 5) is 12.9.